The van der Waals surface area contributed by atoms with Gasteiger partial charge in [-0.1, -0.05) is 41.7 Å². The third kappa shape index (κ3) is 2.74. The number of carbonyl (C=O) groups excluding carboxylic acids is 1. The molecule has 0 saturated carbocycles. The fraction of sp³-hybridized carbons (Fsp3) is 0.333. The van der Waals surface area contributed by atoms with Gasteiger partial charge in [0.2, 0.25) is 0 Å². The lowest BCUT2D eigenvalue weighted by molar-refractivity contribution is -0.121. The molecule has 0 aliphatic carbocycles. The van der Waals surface area contributed by atoms with Crippen LogP contribution in [0.3, 0.4) is 0 Å². The lowest BCUT2D eigenvalue weighted by atomic mass is 9.99. The average molecular weight is 291 g/mol. The maximum atomic E-state index is 12.2. The van der Waals surface area contributed by atoms with Crippen LogP contribution < -0.4 is 0 Å². The zero-order valence-corrected chi connectivity index (χ0v) is 13.2. The number of hydrogen-bond donors (Lipinski definition) is 0. The molecule has 0 unspecified atom stereocenters. The molecule has 1 saturated heterocycles. The Hall–Kier alpha value is -1.13. The molecular weight excluding hydrogens is 274 g/mol. The third-order valence-corrected chi connectivity index (χ3v) is 4.58. The van der Waals surface area contributed by atoms with Gasteiger partial charge in [-0.05, 0) is 50.5 Å². The highest BCUT2D eigenvalue weighted by Crippen LogP contribution is 2.33. The van der Waals surface area contributed by atoms with Crippen LogP contribution in [0.25, 0.3) is 6.08 Å². The van der Waals surface area contributed by atoms with Crippen molar-refractivity contribution in [2.75, 3.05) is 6.54 Å². The summed E-state index contributed by atoms with van der Waals surface area (Å²) < 4.78 is 0.654. The number of amides is 1. The zero-order chi connectivity index (χ0) is 14.2. The molecule has 4 heteroatoms. The van der Waals surface area contributed by atoms with Gasteiger partial charge in [-0.15, -0.1) is 0 Å². The maximum Gasteiger partial charge on any atom is 0.266 e. The van der Waals surface area contributed by atoms with E-state index in [9.17, 15) is 4.79 Å². The summed E-state index contributed by atoms with van der Waals surface area (Å²) in [5.74, 6) is 0.0249. The Morgan fingerprint density at radius 2 is 1.84 bits per heavy atom. The molecule has 2 rings (SSSR count). The second-order valence-corrected chi connectivity index (χ2v) is 6.41. The molecule has 0 N–H and O–H groups in total. The first-order valence-corrected chi connectivity index (χ1v) is 7.49. The summed E-state index contributed by atoms with van der Waals surface area (Å²) in [4.78, 5) is 14.6. The maximum absolute atomic E-state index is 12.2. The number of aryl methyl sites for hydroxylation is 3. The molecule has 0 atom stereocenters. The summed E-state index contributed by atoms with van der Waals surface area (Å²) in [5, 5.41) is 0. The van der Waals surface area contributed by atoms with Crippen LogP contribution in [0.4, 0.5) is 0 Å². The predicted molar refractivity (Wildman–Crippen MR) is 86.2 cm³/mol. The van der Waals surface area contributed by atoms with E-state index in [-0.39, 0.29) is 5.91 Å². The highest BCUT2D eigenvalue weighted by molar-refractivity contribution is 8.26. The quantitative estimate of drug-likeness (QED) is 0.610. The van der Waals surface area contributed by atoms with Crippen LogP contribution in [-0.2, 0) is 4.79 Å². The van der Waals surface area contributed by atoms with Crippen molar-refractivity contribution < 1.29 is 4.79 Å². The van der Waals surface area contributed by atoms with E-state index in [1.807, 2.05) is 13.0 Å². The number of nitrogens with zero attached hydrogens (tertiary/aromatic N) is 1. The van der Waals surface area contributed by atoms with Crippen molar-refractivity contribution in [3.63, 3.8) is 0 Å². The summed E-state index contributed by atoms with van der Waals surface area (Å²) >= 11 is 6.62. The van der Waals surface area contributed by atoms with Gasteiger partial charge < -0.3 is 0 Å². The smallest absolute Gasteiger partial charge is 0.266 e. The summed E-state index contributed by atoms with van der Waals surface area (Å²) in [6, 6.07) is 4.28. The predicted octanol–water partition coefficient (Wildman–Crippen LogP) is 3.83. The van der Waals surface area contributed by atoms with E-state index in [1.165, 1.54) is 28.5 Å². The number of rotatable bonds is 2. The molecule has 19 heavy (non-hydrogen) atoms. The number of likely N-dealkylation sites (N-methyl/N-ethyl adjacent to an activating group) is 1. The Bertz CT molecular complexity index is 567. The molecule has 1 heterocycles. The number of thiocarbonyl (C=S) groups is 1. The minimum absolute atomic E-state index is 0.0249. The van der Waals surface area contributed by atoms with E-state index in [0.717, 1.165) is 10.5 Å². The van der Waals surface area contributed by atoms with Crippen molar-refractivity contribution in [3.8, 4) is 0 Å². The monoisotopic (exact) mass is 291 g/mol. The molecule has 1 fully saturated rings. The van der Waals surface area contributed by atoms with E-state index < -0.39 is 0 Å². The fourth-order valence-corrected chi connectivity index (χ4v) is 3.69. The van der Waals surface area contributed by atoms with Crippen LogP contribution in [0.2, 0.25) is 0 Å². The minimum atomic E-state index is 0.0249. The van der Waals surface area contributed by atoms with Crippen LogP contribution in [0, 0.1) is 20.8 Å². The van der Waals surface area contributed by atoms with Crippen molar-refractivity contribution in [1.29, 1.82) is 0 Å². The van der Waals surface area contributed by atoms with Gasteiger partial charge in [-0.25, -0.2) is 0 Å². The van der Waals surface area contributed by atoms with Gasteiger partial charge >= 0.3 is 0 Å². The van der Waals surface area contributed by atoms with Crippen molar-refractivity contribution in [1.82, 2.24) is 4.90 Å². The Labute approximate surface area is 123 Å². The van der Waals surface area contributed by atoms with Crippen molar-refractivity contribution >= 4 is 40.3 Å². The fourth-order valence-electron chi connectivity index (χ4n) is 2.32. The second kappa shape index (κ2) is 5.47. The van der Waals surface area contributed by atoms with E-state index in [4.69, 9.17) is 12.2 Å². The highest BCUT2D eigenvalue weighted by Gasteiger charge is 2.30. The van der Waals surface area contributed by atoms with Crippen LogP contribution in [-0.4, -0.2) is 21.7 Å². The van der Waals surface area contributed by atoms with Gasteiger partial charge in [0, 0.05) is 6.54 Å². The molecular formula is C15H17NOS2. The molecule has 0 bridgehead atoms. The summed E-state index contributed by atoms with van der Waals surface area (Å²) in [7, 11) is 0. The normalized spacial score (nSPS) is 17.7. The van der Waals surface area contributed by atoms with Gasteiger partial charge in [0.25, 0.3) is 5.91 Å². The standard InChI is InChI=1S/C15H17NOS2/c1-5-16-14(17)13(19-15(16)18)8-12-10(3)6-9(2)7-11(12)4/h6-8H,5H2,1-4H3/b13-8-. The van der Waals surface area contributed by atoms with Gasteiger partial charge in [-0.3, -0.25) is 9.69 Å². The Morgan fingerprint density at radius 3 is 2.32 bits per heavy atom. The number of benzene rings is 1. The van der Waals surface area contributed by atoms with Crippen molar-refractivity contribution in [2.24, 2.45) is 0 Å². The first kappa shape index (κ1) is 14.3. The lowest BCUT2D eigenvalue weighted by Crippen LogP contribution is -2.27. The first-order chi connectivity index (χ1) is 8.93. The molecule has 1 aromatic rings. The average Bonchev–Trinajstić information content (AvgIpc) is 2.58. The number of hydrogen-bond acceptors (Lipinski definition) is 3. The van der Waals surface area contributed by atoms with E-state index in [2.05, 4.69) is 32.9 Å². The Balaban J connectivity index is 2.43. The van der Waals surface area contributed by atoms with Crippen molar-refractivity contribution in [3.05, 3.63) is 39.3 Å². The molecule has 2 nitrogen and oxygen atoms in total. The van der Waals surface area contributed by atoms with E-state index in [0.29, 0.717) is 10.9 Å². The summed E-state index contributed by atoms with van der Waals surface area (Å²) in [6.07, 6.45) is 1.97. The van der Waals surface area contributed by atoms with E-state index in [1.54, 1.807) is 4.90 Å². The largest absolute Gasteiger partial charge is 0.293 e. The SMILES string of the molecule is CCN1C(=O)/C(=C/c2c(C)cc(C)cc2C)SC1=S. The van der Waals surface area contributed by atoms with Gasteiger partial charge in [0.15, 0.2) is 0 Å². The lowest BCUT2D eigenvalue weighted by Gasteiger charge is -2.10. The molecule has 0 spiro atoms. The van der Waals surface area contributed by atoms with Crippen LogP contribution in [0.1, 0.15) is 29.2 Å². The third-order valence-electron chi connectivity index (χ3n) is 3.20. The Kier molecular flexibility index (Phi) is 4.11. The van der Waals surface area contributed by atoms with Gasteiger partial charge in [0.1, 0.15) is 4.32 Å². The molecule has 0 radical (unpaired) electrons. The van der Waals surface area contributed by atoms with Crippen LogP contribution in [0.15, 0.2) is 17.0 Å². The van der Waals surface area contributed by atoms with Crippen molar-refractivity contribution in [2.45, 2.75) is 27.7 Å². The number of carbonyl (C=O) groups is 1. The zero-order valence-electron chi connectivity index (χ0n) is 11.6. The topological polar surface area (TPSA) is 20.3 Å². The molecule has 100 valence electrons. The first-order valence-electron chi connectivity index (χ1n) is 6.27. The van der Waals surface area contributed by atoms with Crippen LogP contribution >= 0.6 is 24.0 Å². The highest BCUT2D eigenvalue weighted by atomic mass is 32.2. The summed E-state index contributed by atoms with van der Waals surface area (Å²) in [5.41, 5.74) is 4.76. The minimum Gasteiger partial charge on any atom is -0.293 e. The van der Waals surface area contributed by atoms with Crippen LogP contribution in [0.5, 0.6) is 0 Å². The summed E-state index contributed by atoms with van der Waals surface area (Å²) in [6.45, 7) is 8.81. The second-order valence-electron chi connectivity index (χ2n) is 4.74. The molecule has 1 aromatic carbocycles. The molecule has 1 amide bonds. The van der Waals surface area contributed by atoms with Gasteiger partial charge in [0.05, 0.1) is 4.91 Å². The molecule has 1 aliphatic rings. The van der Waals surface area contributed by atoms with Gasteiger partial charge in [-0.2, -0.15) is 0 Å². The number of thioether (sulfide) groups is 1. The Morgan fingerprint density at radius 1 is 1.26 bits per heavy atom. The molecule has 1 aliphatic heterocycles. The van der Waals surface area contributed by atoms with E-state index >= 15 is 0 Å². The molecule has 0 aromatic heterocycles.